The Morgan fingerprint density at radius 3 is 2.70 bits per heavy atom. The van der Waals surface area contributed by atoms with E-state index in [2.05, 4.69) is 15.9 Å². The van der Waals surface area contributed by atoms with E-state index in [1.54, 1.807) is 13.2 Å². The number of hydrogen-bond donors (Lipinski definition) is 1. The van der Waals surface area contributed by atoms with E-state index in [0.717, 1.165) is 21.3 Å². The van der Waals surface area contributed by atoms with Crippen molar-refractivity contribution >= 4 is 27.5 Å². The molecule has 0 radical (unpaired) electrons. The third kappa shape index (κ3) is 3.45. The summed E-state index contributed by atoms with van der Waals surface area (Å²) < 4.78 is 11.9. The zero-order valence-electron chi connectivity index (χ0n) is 11.0. The van der Waals surface area contributed by atoms with Crippen LogP contribution in [0.3, 0.4) is 0 Å². The molecule has 0 aliphatic rings. The van der Waals surface area contributed by atoms with Crippen LogP contribution in [-0.4, -0.2) is 7.11 Å². The number of nitrogens with two attached hydrogens (primary N) is 1. The normalized spacial score (nSPS) is 10.4. The van der Waals surface area contributed by atoms with Crippen LogP contribution in [0.25, 0.3) is 0 Å². The van der Waals surface area contributed by atoms with Gasteiger partial charge in [0.1, 0.15) is 18.1 Å². The monoisotopic (exact) mass is 355 g/mol. The molecule has 0 heterocycles. The molecular weight excluding hydrogens is 342 g/mol. The van der Waals surface area contributed by atoms with Crippen LogP contribution in [0.2, 0.25) is 5.02 Å². The summed E-state index contributed by atoms with van der Waals surface area (Å²) in [6.07, 6.45) is 0. The van der Waals surface area contributed by atoms with Crippen molar-refractivity contribution in [1.82, 2.24) is 0 Å². The summed E-state index contributed by atoms with van der Waals surface area (Å²) in [5.41, 5.74) is 7.60. The zero-order chi connectivity index (χ0) is 14.5. The molecule has 3 nitrogen and oxygen atoms in total. The highest BCUT2D eigenvalue weighted by atomic mass is 79.9. The Labute approximate surface area is 131 Å². The van der Waals surface area contributed by atoms with E-state index in [9.17, 15) is 0 Å². The lowest BCUT2D eigenvalue weighted by Gasteiger charge is -2.13. The molecule has 0 unspecified atom stereocenters. The molecule has 0 bridgehead atoms. The SMILES string of the molecule is COc1ccc(COc2c(Cl)cccc2CN)cc1Br. The molecule has 106 valence electrons. The molecule has 0 atom stereocenters. The van der Waals surface area contributed by atoms with Gasteiger partial charge in [-0.05, 0) is 39.7 Å². The van der Waals surface area contributed by atoms with Crippen molar-refractivity contribution in [2.45, 2.75) is 13.2 Å². The van der Waals surface area contributed by atoms with Crippen LogP contribution in [0.15, 0.2) is 40.9 Å². The fourth-order valence-electron chi connectivity index (χ4n) is 1.83. The number of hydrogen-bond acceptors (Lipinski definition) is 3. The van der Waals surface area contributed by atoms with Gasteiger partial charge in [-0.3, -0.25) is 0 Å². The second-order valence-electron chi connectivity index (χ2n) is 4.19. The van der Waals surface area contributed by atoms with E-state index >= 15 is 0 Å². The minimum atomic E-state index is 0.391. The van der Waals surface area contributed by atoms with Crippen LogP contribution < -0.4 is 15.2 Å². The quantitative estimate of drug-likeness (QED) is 0.875. The Balaban J connectivity index is 2.15. The zero-order valence-corrected chi connectivity index (χ0v) is 13.4. The lowest BCUT2D eigenvalue weighted by Crippen LogP contribution is -2.03. The number of rotatable bonds is 5. The summed E-state index contributed by atoms with van der Waals surface area (Å²) in [5.74, 6) is 1.43. The lowest BCUT2D eigenvalue weighted by atomic mass is 10.2. The second-order valence-corrected chi connectivity index (χ2v) is 5.45. The summed E-state index contributed by atoms with van der Waals surface area (Å²) in [5, 5.41) is 0.570. The van der Waals surface area contributed by atoms with Crippen molar-refractivity contribution in [1.29, 1.82) is 0 Å². The smallest absolute Gasteiger partial charge is 0.142 e. The molecule has 20 heavy (non-hydrogen) atoms. The highest BCUT2D eigenvalue weighted by Crippen LogP contribution is 2.30. The molecule has 0 aromatic heterocycles. The van der Waals surface area contributed by atoms with Crippen LogP contribution in [0.5, 0.6) is 11.5 Å². The summed E-state index contributed by atoms with van der Waals surface area (Å²) in [4.78, 5) is 0. The third-order valence-corrected chi connectivity index (χ3v) is 3.79. The number of ether oxygens (including phenoxy) is 2. The van der Waals surface area contributed by atoms with Crippen molar-refractivity contribution in [2.75, 3.05) is 7.11 Å². The predicted molar refractivity (Wildman–Crippen MR) is 84.4 cm³/mol. The van der Waals surface area contributed by atoms with Gasteiger partial charge in [-0.15, -0.1) is 0 Å². The van der Waals surface area contributed by atoms with Gasteiger partial charge in [-0.1, -0.05) is 29.8 Å². The van der Waals surface area contributed by atoms with E-state index in [0.29, 0.717) is 23.9 Å². The number of methoxy groups -OCH3 is 1. The first-order valence-corrected chi connectivity index (χ1v) is 7.25. The summed E-state index contributed by atoms with van der Waals surface area (Å²) in [6, 6.07) is 11.4. The highest BCUT2D eigenvalue weighted by molar-refractivity contribution is 9.10. The van der Waals surface area contributed by atoms with Gasteiger partial charge in [0.15, 0.2) is 0 Å². The number of para-hydroxylation sites is 1. The first-order chi connectivity index (χ1) is 9.65. The third-order valence-electron chi connectivity index (χ3n) is 2.87. The average Bonchev–Trinajstić information content (AvgIpc) is 2.46. The molecule has 5 heteroatoms. The molecule has 0 aliphatic heterocycles. The van der Waals surface area contributed by atoms with Gasteiger partial charge >= 0.3 is 0 Å². The van der Waals surface area contributed by atoms with Crippen LogP contribution in [-0.2, 0) is 13.2 Å². The maximum absolute atomic E-state index is 6.14. The van der Waals surface area contributed by atoms with E-state index in [-0.39, 0.29) is 0 Å². The van der Waals surface area contributed by atoms with E-state index in [1.165, 1.54) is 0 Å². The van der Waals surface area contributed by atoms with Crippen molar-refractivity contribution in [2.24, 2.45) is 5.73 Å². The van der Waals surface area contributed by atoms with Gasteiger partial charge in [0.2, 0.25) is 0 Å². The van der Waals surface area contributed by atoms with Crippen LogP contribution in [0.1, 0.15) is 11.1 Å². The molecule has 2 N–H and O–H groups in total. The van der Waals surface area contributed by atoms with E-state index in [4.69, 9.17) is 26.8 Å². The fourth-order valence-corrected chi connectivity index (χ4v) is 2.67. The average molecular weight is 357 g/mol. The maximum Gasteiger partial charge on any atom is 0.142 e. The Kier molecular flexibility index (Phi) is 5.29. The van der Waals surface area contributed by atoms with Crippen molar-refractivity contribution in [3.05, 3.63) is 57.0 Å². The fraction of sp³-hybridized carbons (Fsp3) is 0.200. The Hall–Kier alpha value is -1.23. The molecule has 2 rings (SSSR count). The molecule has 0 saturated heterocycles. The first-order valence-electron chi connectivity index (χ1n) is 6.08. The highest BCUT2D eigenvalue weighted by Gasteiger charge is 2.08. The van der Waals surface area contributed by atoms with Gasteiger partial charge in [-0.2, -0.15) is 0 Å². The van der Waals surface area contributed by atoms with Crippen molar-refractivity contribution in [3.63, 3.8) is 0 Å². The van der Waals surface area contributed by atoms with Gasteiger partial charge < -0.3 is 15.2 Å². The number of benzene rings is 2. The Morgan fingerprint density at radius 2 is 2.05 bits per heavy atom. The van der Waals surface area contributed by atoms with E-state index < -0.39 is 0 Å². The van der Waals surface area contributed by atoms with Gasteiger partial charge in [0, 0.05) is 12.1 Å². The molecule has 2 aromatic rings. The van der Waals surface area contributed by atoms with E-state index in [1.807, 2.05) is 30.3 Å². The predicted octanol–water partition coefficient (Wildman–Crippen LogP) is 4.15. The van der Waals surface area contributed by atoms with Crippen LogP contribution in [0, 0.1) is 0 Å². The number of halogens is 2. The molecule has 0 spiro atoms. The summed E-state index contributed by atoms with van der Waals surface area (Å²) in [6.45, 7) is 0.807. The Bertz CT molecular complexity index is 604. The van der Waals surface area contributed by atoms with Gasteiger partial charge in [0.25, 0.3) is 0 Å². The van der Waals surface area contributed by atoms with Gasteiger partial charge in [0.05, 0.1) is 16.6 Å². The van der Waals surface area contributed by atoms with Crippen molar-refractivity contribution < 1.29 is 9.47 Å². The molecule has 0 aliphatic carbocycles. The van der Waals surface area contributed by atoms with Crippen molar-refractivity contribution in [3.8, 4) is 11.5 Å². The largest absolute Gasteiger partial charge is 0.496 e. The first kappa shape index (κ1) is 15.2. The molecule has 0 fully saturated rings. The Morgan fingerprint density at radius 1 is 1.25 bits per heavy atom. The van der Waals surface area contributed by atoms with Gasteiger partial charge in [-0.25, -0.2) is 0 Å². The molecule has 2 aromatic carbocycles. The lowest BCUT2D eigenvalue weighted by molar-refractivity contribution is 0.303. The van der Waals surface area contributed by atoms with Crippen LogP contribution in [0.4, 0.5) is 0 Å². The molecule has 0 amide bonds. The second kappa shape index (κ2) is 6.97. The molecule has 0 saturated carbocycles. The summed E-state index contributed by atoms with van der Waals surface area (Å²) in [7, 11) is 1.63. The summed E-state index contributed by atoms with van der Waals surface area (Å²) >= 11 is 9.59. The maximum atomic E-state index is 6.14. The standard InChI is InChI=1S/C15H15BrClNO2/c1-19-14-6-5-10(7-12(14)16)9-20-15-11(8-18)3-2-4-13(15)17/h2-7H,8-9,18H2,1H3. The molecular formula is C15H15BrClNO2. The van der Waals surface area contributed by atoms with Crippen LogP contribution >= 0.6 is 27.5 Å². The minimum absolute atomic E-state index is 0.391. The minimum Gasteiger partial charge on any atom is -0.496 e. The topological polar surface area (TPSA) is 44.5 Å².